The third-order valence-electron chi connectivity index (χ3n) is 4.79. The Labute approximate surface area is 153 Å². The molecule has 2 aliphatic rings. The lowest BCUT2D eigenvalue weighted by Gasteiger charge is -2.25. The second-order valence-corrected chi connectivity index (χ2v) is 6.62. The zero-order chi connectivity index (χ0) is 19.0. The van der Waals surface area contributed by atoms with Crippen molar-refractivity contribution in [2.24, 2.45) is 0 Å². The largest absolute Gasteiger partial charge is 0.342 e. The quantitative estimate of drug-likeness (QED) is 0.759. The Hall–Kier alpha value is -3.23. The van der Waals surface area contributed by atoms with Crippen LogP contribution in [0.1, 0.15) is 30.7 Å². The van der Waals surface area contributed by atoms with Crippen molar-refractivity contribution in [2.75, 3.05) is 28.6 Å². The lowest BCUT2D eigenvalue weighted by Crippen LogP contribution is -2.37. The molecule has 3 N–H and O–H groups in total. The number of amides is 2. The number of anilines is 3. The van der Waals surface area contributed by atoms with Crippen molar-refractivity contribution < 1.29 is 14.0 Å². The summed E-state index contributed by atoms with van der Waals surface area (Å²) in [7, 11) is 0. The van der Waals surface area contributed by atoms with Gasteiger partial charge in [0.25, 0.3) is 5.56 Å². The first-order chi connectivity index (χ1) is 13.0. The van der Waals surface area contributed by atoms with Gasteiger partial charge in [0, 0.05) is 19.5 Å². The fourth-order valence-corrected chi connectivity index (χ4v) is 3.44. The molecule has 0 aliphatic carbocycles. The van der Waals surface area contributed by atoms with Crippen molar-refractivity contribution in [3.05, 3.63) is 46.0 Å². The van der Waals surface area contributed by atoms with Gasteiger partial charge in [-0.1, -0.05) is 12.1 Å². The van der Waals surface area contributed by atoms with E-state index in [2.05, 4.69) is 20.6 Å². The van der Waals surface area contributed by atoms with Crippen LogP contribution in [0.15, 0.2) is 29.1 Å². The Kier molecular flexibility index (Phi) is 4.35. The van der Waals surface area contributed by atoms with E-state index >= 15 is 0 Å². The molecule has 1 atom stereocenters. The number of aromatic amines is 1. The van der Waals surface area contributed by atoms with E-state index in [0.29, 0.717) is 5.95 Å². The molecule has 27 heavy (non-hydrogen) atoms. The molecule has 0 saturated carbocycles. The van der Waals surface area contributed by atoms with E-state index in [-0.39, 0.29) is 23.5 Å². The van der Waals surface area contributed by atoms with Crippen LogP contribution in [-0.4, -0.2) is 34.9 Å². The summed E-state index contributed by atoms with van der Waals surface area (Å²) < 4.78 is 13.8. The van der Waals surface area contributed by atoms with E-state index in [4.69, 9.17) is 0 Å². The average molecular weight is 371 g/mol. The maximum Gasteiger partial charge on any atom is 0.258 e. The first-order valence-corrected chi connectivity index (χ1v) is 8.77. The number of carbonyl (C=O) groups excluding carboxylic acids is 2. The van der Waals surface area contributed by atoms with Gasteiger partial charge in [-0.3, -0.25) is 19.4 Å². The first kappa shape index (κ1) is 17.2. The van der Waals surface area contributed by atoms with Gasteiger partial charge in [-0.2, -0.15) is 4.98 Å². The molecule has 3 heterocycles. The molecule has 0 radical (unpaired) electrons. The summed E-state index contributed by atoms with van der Waals surface area (Å²) in [6, 6.07) is 5.71. The minimum absolute atomic E-state index is 0.00638. The summed E-state index contributed by atoms with van der Waals surface area (Å²) >= 11 is 0. The number of halogens is 1. The fraction of sp³-hybridized carbons (Fsp3) is 0.333. The van der Waals surface area contributed by atoms with Gasteiger partial charge in [-0.05, 0) is 25.0 Å². The second kappa shape index (κ2) is 6.82. The summed E-state index contributed by atoms with van der Waals surface area (Å²) in [6.45, 7) is 1.54. The Morgan fingerprint density at radius 2 is 1.96 bits per heavy atom. The molecular weight excluding hydrogens is 353 g/mol. The summed E-state index contributed by atoms with van der Waals surface area (Å²) in [5.41, 5.74) is -0.393. The summed E-state index contributed by atoms with van der Waals surface area (Å²) in [5.74, 6) is -2.21. The van der Waals surface area contributed by atoms with Crippen LogP contribution < -0.4 is 21.1 Å². The Morgan fingerprint density at radius 3 is 2.70 bits per heavy atom. The van der Waals surface area contributed by atoms with Crippen LogP contribution in [0.5, 0.6) is 0 Å². The monoisotopic (exact) mass is 371 g/mol. The molecule has 0 unspecified atom stereocenters. The molecule has 1 aromatic carbocycles. The maximum absolute atomic E-state index is 13.8. The van der Waals surface area contributed by atoms with Gasteiger partial charge < -0.3 is 15.5 Å². The van der Waals surface area contributed by atoms with Crippen LogP contribution in [-0.2, 0) is 9.59 Å². The van der Waals surface area contributed by atoms with Gasteiger partial charge in [-0.15, -0.1) is 0 Å². The molecule has 2 aliphatic heterocycles. The predicted molar refractivity (Wildman–Crippen MR) is 97.3 cm³/mol. The highest BCUT2D eigenvalue weighted by Crippen LogP contribution is 2.31. The molecule has 0 spiro atoms. The van der Waals surface area contributed by atoms with Crippen molar-refractivity contribution in [1.29, 1.82) is 0 Å². The first-order valence-electron chi connectivity index (χ1n) is 8.77. The zero-order valence-corrected chi connectivity index (χ0v) is 14.4. The zero-order valence-electron chi connectivity index (χ0n) is 14.4. The maximum atomic E-state index is 13.8. The standard InChI is InChI=1S/C18H18FN5O3/c19-11-5-1-2-6-12(11)20-16(26)10-9-13(25)21-15-14(10)17(27)23-18(22-15)24-7-3-4-8-24/h1-2,5-6,10H,3-4,7-9H2,(H,20,26)(H2,21,22,23,25,27)/t10-/m1/s1. The van der Waals surface area contributed by atoms with Crippen LogP contribution >= 0.6 is 0 Å². The number of fused-ring (bicyclic) bond motifs is 1. The van der Waals surface area contributed by atoms with E-state index < -0.39 is 29.1 Å². The number of nitrogens with one attached hydrogen (secondary N) is 3. The van der Waals surface area contributed by atoms with Gasteiger partial charge in [0.2, 0.25) is 17.8 Å². The minimum Gasteiger partial charge on any atom is -0.342 e. The summed E-state index contributed by atoms with van der Waals surface area (Å²) in [4.78, 5) is 46.4. The number of benzene rings is 1. The lowest BCUT2D eigenvalue weighted by molar-refractivity contribution is -0.123. The van der Waals surface area contributed by atoms with Crippen LogP contribution in [0, 0.1) is 5.82 Å². The van der Waals surface area contributed by atoms with Crippen LogP contribution in [0.3, 0.4) is 0 Å². The molecule has 8 nitrogen and oxygen atoms in total. The van der Waals surface area contributed by atoms with E-state index in [9.17, 15) is 18.8 Å². The molecule has 4 rings (SSSR count). The summed E-state index contributed by atoms with van der Waals surface area (Å²) in [6.07, 6.45) is 1.79. The molecule has 0 bridgehead atoms. The number of hydrogen-bond acceptors (Lipinski definition) is 5. The SMILES string of the molecule is O=C1C[C@@H](C(=O)Nc2ccccc2F)c2c(nc(N3CCCC3)[nH]c2=O)N1. The second-order valence-electron chi connectivity index (χ2n) is 6.62. The number of hydrogen-bond donors (Lipinski definition) is 3. The fourth-order valence-electron chi connectivity index (χ4n) is 3.44. The molecule has 2 amide bonds. The number of rotatable bonds is 3. The van der Waals surface area contributed by atoms with Crippen molar-refractivity contribution >= 4 is 29.3 Å². The number of para-hydroxylation sites is 1. The van der Waals surface area contributed by atoms with Crippen LogP contribution in [0.2, 0.25) is 0 Å². The number of nitrogens with zero attached hydrogens (tertiary/aromatic N) is 2. The molecule has 2 aromatic rings. The lowest BCUT2D eigenvalue weighted by atomic mass is 9.92. The average Bonchev–Trinajstić information content (AvgIpc) is 3.17. The Balaban J connectivity index is 1.68. The molecule has 1 fully saturated rings. The van der Waals surface area contributed by atoms with Crippen LogP contribution in [0.25, 0.3) is 0 Å². The third-order valence-corrected chi connectivity index (χ3v) is 4.79. The highest BCUT2D eigenvalue weighted by atomic mass is 19.1. The molecule has 1 aromatic heterocycles. The van der Waals surface area contributed by atoms with Crippen molar-refractivity contribution in [1.82, 2.24) is 9.97 Å². The van der Waals surface area contributed by atoms with E-state index in [1.54, 1.807) is 6.07 Å². The van der Waals surface area contributed by atoms with Crippen molar-refractivity contribution in [3.63, 3.8) is 0 Å². The van der Waals surface area contributed by atoms with Gasteiger partial charge >= 0.3 is 0 Å². The highest BCUT2D eigenvalue weighted by Gasteiger charge is 2.35. The van der Waals surface area contributed by atoms with Gasteiger partial charge in [0.05, 0.1) is 17.2 Å². The van der Waals surface area contributed by atoms with E-state index in [1.807, 2.05) is 4.90 Å². The minimum atomic E-state index is -1.04. The van der Waals surface area contributed by atoms with Crippen LogP contribution in [0.4, 0.5) is 21.8 Å². The topological polar surface area (TPSA) is 107 Å². The van der Waals surface area contributed by atoms with Gasteiger partial charge in [-0.25, -0.2) is 4.39 Å². The van der Waals surface area contributed by atoms with Gasteiger partial charge in [0.1, 0.15) is 11.6 Å². The number of H-pyrrole nitrogens is 1. The van der Waals surface area contributed by atoms with Crippen molar-refractivity contribution in [3.8, 4) is 0 Å². The Bertz CT molecular complexity index is 968. The van der Waals surface area contributed by atoms with E-state index in [0.717, 1.165) is 25.9 Å². The summed E-state index contributed by atoms with van der Waals surface area (Å²) in [5, 5.41) is 5.03. The Morgan fingerprint density at radius 1 is 1.22 bits per heavy atom. The number of carbonyl (C=O) groups is 2. The van der Waals surface area contributed by atoms with Crippen molar-refractivity contribution in [2.45, 2.75) is 25.2 Å². The normalized spacial score (nSPS) is 18.8. The van der Waals surface area contributed by atoms with Gasteiger partial charge in [0.15, 0.2) is 0 Å². The smallest absolute Gasteiger partial charge is 0.258 e. The highest BCUT2D eigenvalue weighted by molar-refractivity contribution is 6.04. The third kappa shape index (κ3) is 3.27. The molecule has 1 saturated heterocycles. The molecular formula is C18H18FN5O3. The van der Waals surface area contributed by atoms with E-state index in [1.165, 1.54) is 18.2 Å². The molecule has 140 valence electrons. The number of aromatic nitrogens is 2. The predicted octanol–water partition coefficient (Wildman–Crippen LogP) is 1.57. The molecule has 9 heteroatoms.